The van der Waals surface area contributed by atoms with Crippen LogP contribution in [-0.2, 0) is 0 Å². The van der Waals surface area contributed by atoms with E-state index in [4.69, 9.17) is 0 Å². The fraction of sp³-hybridized carbons (Fsp3) is 0.733. The third-order valence-electron chi connectivity index (χ3n) is 4.15. The smallest absolute Gasteiger partial charge is 0.0231 e. The Labute approximate surface area is 94.5 Å². The SMILES string of the molecule is C=C1CCC(CC2C=CC(C)CC2)CC1. The van der Waals surface area contributed by atoms with Gasteiger partial charge in [-0.25, -0.2) is 0 Å². The molecule has 0 heteroatoms. The highest BCUT2D eigenvalue weighted by molar-refractivity contribution is 5.01. The van der Waals surface area contributed by atoms with Gasteiger partial charge in [0.1, 0.15) is 0 Å². The predicted molar refractivity (Wildman–Crippen MR) is 66.7 cm³/mol. The van der Waals surface area contributed by atoms with Crippen LogP contribution in [0.4, 0.5) is 0 Å². The molecule has 0 N–H and O–H groups in total. The Hall–Kier alpha value is -0.520. The van der Waals surface area contributed by atoms with Crippen molar-refractivity contribution < 1.29 is 0 Å². The van der Waals surface area contributed by atoms with Crippen LogP contribution in [0.2, 0.25) is 0 Å². The molecule has 2 aliphatic rings. The molecular weight excluding hydrogens is 180 g/mol. The van der Waals surface area contributed by atoms with E-state index >= 15 is 0 Å². The van der Waals surface area contributed by atoms with Gasteiger partial charge in [0.2, 0.25) is 0 Å². The monoisotopic (exact) mass is 204 g/mol. The van der Waals surface area contributed by atoms with Gasteiger partial charge in [-0.1, -0.05) is 31.2 Å². The number of hydrogen-bond donors (Lipinski definition) is 0. The van der Waals surface area contributed by atoms with Crippen LogP contribution in [0.1, 0.15) is 51.9 Å². The summed E-state index contributed by atoms with van der Waals surface area (Å²) in [6, 6.07) is 0. The Morgan fingerprint density at radius 2 is 1.87 bits per heavy atom. The summed E-state index contributed by atoms with van der Waals surface area (Å²) in [6.45, 7) is 6.42. The van der Waals surface area contributed by atoms with Crippen molar-refractivity contribution in [1.29, 1.82) is 0 Å². The predicted octanol–water partition coefficient (Wildman–Crippen LogP) is 4.73. The molecule has 0 amide bonds. The van der Waals surface area contributed by atoms with Gasteiger partial charge < -0.3 is 0 Å². The molecule has 1 saturated carbocycles. The molecule has 0 saturated heterocycles. The Kier molecular flexibility index (Phi) is 3.66. The zero-order valence-electron chi connectivity index (χ0n) is 10.0. The molecule has 2 aliphatic carbocycles. The maximum Gasteiger partial charge on any atom is -0.0231 e. The summed E-state index contributed by atoms with van der Waals surface area (Å²) >= 11 is 0. The molecule has 2 atom stereocenters. The van der Waals surface area contributed by atoms with Crippen molar-refractivity contribution in [2.24, 2.45) is 17.8 Å². The molecule has 84 valence electrons. The van der Waals surface area contributed by atoms with Gasteiger partial charge in [-0.05, 0) is 62.7 Å². The summed E-state index contributed by atoms with van der Waals surface area (Å²) < 4.78 is 0. The summed E-state index contributed by atoms with van der Waals surface area (Å²) in [4.78, 5) is 0. The average molecular weight is 204 g/mol. The fourth-order valence-corrected chi connectivity index (χ4v) is 2.96. The normalized spacial score (nSPS) is 33.3. The standard InChI is InChI=1S/C15H24/c1-12-3-7-14(8-4-12)11-15-9-5-13(2)6-10-15/h5,9,13-15H,1,3-4,6-8,10-11H2,2H3. The number of hydrogen-bond acceptors (Lipinski definition) is 0. The van der Waals surface area contributed by atoms with Crippen molar-refractivity contribution in [3.05, 3.63) is 24.3 Å². The summed E-state index contributed by atoms with van der Waals surface area (Å²) in [6.07, 6.45) is 14.6. The number of allylic oxidation sites excluding steroid dienone is 3. The summed E-state index contributed by atoms with van der Waals surface area (Å²) in [7, 11) is 0. The maximum absolute atomic E-state index is 4.09. The second-order valence-electron chi connectivity index (χ2n) is 5.63. The number of rotatable bonds is 2. The lowest BCUT2D eigenvalue weighted by atomic mass is 9.78. The molecule has 0 radical (unpaired) electrons. The van der Waals surface area contributed by atoms with E-state index in [1.807, 2.05) is 0 Å². The Balaban J connectivity index is 1.77. The molecule has 0 nitrogen and oxygen atoms in total. The molecule has 1 fully saturated rings. The van der Waals surface area contributed by atoms with Gasteiger partial charge in [-0.2, -0.15) is 0 Å². The van der Waals surface area contributed by atoms with E-state index in [1.54, 1.807) is 0 Å². The lowest BCUT2D eigenvalue weighted by Gasteiger charge is -2.28. The third kappa shape index (κ3) is 3.22. The molecule has 0 aromatic carbocycles. The molecule has 0 heterocycles. The quantitative estimate of drug-likeness (QED) is 0.571. The zero-order valence-corrected chi connectivity index (χ0v) is 10.0. The second kappa shape index (κ2) is 5.01. The van der Waals surface area contributed by atoms with Gasteiger partial charge in [0.15, 0.2) is 0 Å². The van der Waals surface area contributed by atoms with E-state index in [9.17, 15) is 0 Å². The van der Waals surface area contributed by atoms with Gasteiger partial charge in [0.05, 0.1) is 0 Å². The summed E-state index contributed by atoms with van der Waals surface area (Å²) in [5.41, 5.74) is 1.49. The van der Waals surface area contributed by atoms with E-state index in [-0.39, 0.29) is 0 Å². The van der Waals surface area contributed by atoms with Crippen LogP contribution in [-0.4, -0.2) is 0 Å². The highest BCUT2D eigenvalue weighted by Gasteiger charge is 2.20. The maximum atomic E-state index is 4.09. The highest BCUT2D eigenvalue weighted by Crippen LogP contribution is 2.34. The lowest BCUT2D eigenvalue weighted by Crippen LogP contribution is -2.14. The van der Waals surface area contributed by atoms with E-state index in [1.165, 1.54) is 50.5 Å². The minimum Gasteiger partial charge on any atom is -0.0999 e. The van der Waals surface area contributed by atoms with Gasteiger partial charge >= 0.3 is 0 Å². The first-order chi connectivity index (χ1) is 7.24. The van der Waals surface area contributed by atoms with Crippen molar-refractivity contribution in [3.8, 4) is 0 Å². The van der Waals surface area contributed by atoms with Crippen LogP contribution in [0, 0.1) is 17.8 Å². The fourth-order valence-electron chi connectivity index (χ4n) is 2.96. The third-order valence-corrected chi connectivity index (χ3v) is 4.15. The lowest BCUT2D eigenvalue weighted by molar-refractivity contribution is 0.319. The van der Waals surface area contributed by atoms with Gasteiger partial charge in [-0.3, -0.25) is 0 Å². The molecule has 0 bridgehead atoms. The van der Waals surface area contributed by atoms with E-state index in [0.29, 0.717) is 0 Å². The molecule has 0 aromatic rings. The van der Waals surface area contributed by atoms with Crippen LogP contribution in [0.15, 0.2) is 24.3 Å². The summed E-state index contributed by atoms with van der Waals surface area (Å²) in [5.74, 6) is 2.70. The van der Waals surface area contributed by atoms with E-state index in [0.717, 1.165) is 17.8 Å². The van der Waals surface area contributed by atoms with Crippen molar-refractivity contribution in [3.63, 3.8) is 0 Å². The van der Waals surface area contributed by atoms with Crippen LogP contribution in [0.25, 0.3) is 0 Å². The van der Waals surface area contributed by atoms with Crippen LogP contribution >= 0.6 is 0 Å². The minimum absolute atomic E-state index is 0.826. The van der Waals surface area contributed by atoms with Gasteiger partial charge in [0, 0.05) is 0 Å². The first-order valence-corrected chi connectivity index (χ1v) is 6.59. The van der Waals surface area contributed by atoms with Crippen LogP contribution < -0.4 is 0 Å². The molecule has 2 rings (SSSR count). The topological polar surface area (TPSA) is 0 Å². The summed E-state index contributed by atoms with van der Waals surface area (Å²) in [5, 5.41) is 0. The zero-order chi connectivity index (χ0) is 10.7. The molecular formula is C15H24. The molecule has 2 unspecified atom stereocenters. The van der Waals surface area contributed by atoms with Crippen molar-refractivity contribution >= 4 is 0 Å². The van der Waals surface area contributed by atoms with Crippen molar-refractivity contribution in [2.45, 2.75) is 51.9 Å². The molecule has 15 heavy (non-hydrogen) atoms. The minimum atomic E-state index is 0.826. The van der Waals surface area contributed by atoms with Crippen LogP contribution in [0.3, 0.4) is 0 Å². The Morgan fingerprint density at radius 1 is 1.13 bits per heavy atom. The first kappa shape index (κ1) is 11.0. The van der Waals surface area contributed by atoms with Crippen LogP contribution in [0.5, 0.6) is 0 Å². The van der Waals surface area contributed by atoms with Gasteiger partial charge in [0.25, 0.3) is 0 Å². The highest BCUT2D eigenvalue weighted by atomic mass is 14.3. The van der Waals surface area contributed by atoms with Crippen molar-refractivity contribution in [1.82, 2.24) is 0 Å². The van der Waals surface area contributed by atoms with Crippen molar-refractivity contribution in [2.75, 3.05) is 0 Å². The Bertz CT molecular complexity index is 239. The molecule has 0 aliphatic heterocycles. The molecule has 0 spiro atoms. The average Bonchev–Trinajstić information content (AvgIpc) is 2.25. The molecule has 0 aromatic heterocycles. The largest absolute Gasteiger partial charge is 0.0999 e. The first-order valence-electron chi connectivity index (χ1n) is 6.59. The van der Waals surface area contributed by atoms with E-state index < -0.39 is 0 Å². The Morgan fingerprint density at radius 3 is 2.47 bits per heavy atom. The second-order valence-corrected chi connectivity index (χ2v) is 5.63. The van der Waals surface area contributed by atoms with E-state index in [2.05, 4.69) is 25.7 Å². The van der Waals surface area contributed by atoms with Gasteiger partial charge in [-0.15, -0.1) is 0 Å².